The predicted molar refractivity (Wildman–Crippen MR) is 67.5 cm³/mol. The quantitative estimate of drug-likeness (QED) is 0.732. The number of nitrogens with two attached hydrogens (primary N) is 2. The number of hydrogen-bond donors (Lipinski definition) is 2. The van der Waals surface area contributed by atoms with Crippen LogP contribution in [0.25, 0.3) is 0 Å². The summed E-state index contributed by atoms with van der Waals surface area (Å²) in [6.45, 7) is 10.4. The standard InChI is InChI=1S/C12H25N3O2/c1-9-7-15(8-11(2,3)17-9)6-5-12(4,14)10(13)16/h9H,5-8,14H2,1-4H3,(H2,13,16). The highest BCUT2D eigenvalue weighted by Crippen LogP contribution is 2.21. The Labute approximate surface area is 103 Å². The molecule has 17 heavy (non-hydrogen) atoms. The van der Waals surface area contributed by atoms with Crippen molar-refractivity contribution >= 4 is 5.91 Å². The van der Waals surface area contributed by atoms with Gasteiger partial charge in [-0.2, -0.15) is 0 Å². The molecule has 4 N–H and O–H groups in total. The number of rotatable bonds is 4. The van der Waals surface area contributed by atoms with Gasteiger partial charge in [0.25, 0.3) is 0 Å². The van der Waals surface area contributed by atoms with Crippen molar-refractivity contribution in [2.45, 2.75) is 51.4 Å². The molecule has 1 fully saturated rings. The summed E-state index contributed by atoms with van der Waals surface area (Å²) in [4.78, 5) is 13.4. The maximum atomic E-state index is 11.1. The predicted octanol–water partition coefficient (Wildman–Crippen LogP) is 0.0785. The summed E-state index contributed by atoms with van der Waals surface area (Å²) in [5.74, 6) is -0.446. The van der Waals surface area contributed by atoms with Gasteiger partial charge < -0.3 is 16.2 Å². The van der Waals surface area contributed by atoms with Crippen molar-refractivity contribution < 1.29 is 9.53 Å². The van der Waals surface area contributed by atoms with Crippen LogP contribution in [0.1, 0.15) is 34.1 Å². The van der Waals surface area contributed by atoms with Crippen molar-refractivity contribution in [2.75, 3.05) is 19.6 Å². The summed E-state index contributed by atoms with van der Waals surface area (Å²) >= 11 is 0. The third-order valence-electron chi connectivity index (χ3n) is 3.15. The van der Waals surface area contributed by atoms with Gasteiger partial charge in [-0.3, -0.25) is 9.69 Å². The van der Waals surface area contributed by atoms with Crippen LogP contribution < -0.4 is 11.5 Å². The van der Waals surface area contributed by atoms with Crippen LogP contribution in [-0.2, 0) is 9.53 Å². The maximum Gasteiger partial charge on any atom is 0.237 e. The van der Waals surface area contributed by atoms with Gasteiger partial charge in [-0.05, 0) is 34.1 Å². The molecule has 1 saturated heterocycles. The van der Waals surface area contributed by atoms with Gasteiger partial charge in [0.15, 0.2) is 0 Å². The van der Waals surface area contributed by atoms with Gasteiger partial charge in [-0.15, -0.1) is 0 Å². The van der Waals surface area contributed by atoms with Gasteiger partial charge >= 0.3 is 0 Å². The Balaban J connectivity index is 2.50. The Morgan fingerprint density at radius 2 is 2.18 bits per heavy atom. The number of ether oxygens (including phenoxy) is 1. The lowest BCUT2D eigenvalue weighted by molar-refractivity contribution is -0.131. The highest BCUT2D eigenvalue weighted by Gasteiger charge is 2.33. The van der Waals surface area contributed by atoms with Gasteiger partial charge in [-0.25, -0.2) is 0 Å². The van der Waals surface area contributed by atoms with Crippen LogP contribution in [0.15, 0.2) is 0 Å². The molecule has 0 saturated carbocycles. The average molecular weight is 243 g/mol. The first kappa shape index (κ1) is 14.4. The fourth-order valence-electron chi connectivity index (χ4n) is 2.27. The van der Waals surface area contributed by atoms with E-state index in [4.69, 9.17) is 16.2 Å². The van der Waals surface area contributed by atoms with Crippen LogP contribution in [0, 0.1) is 0 Å². The van der Waals surface area contributed by atoms with Gasteiger partial charge in [0.1, 0.15) is 0 Å². The minimum atomic E-state index is -0.925. The second-order valence-corrected chi connectivity index (χ2v) is 5.95. The molecule has 5 heteroatoms. The maximum absolute atomic E-state index is 11.1. The van der Waals surface area contributed by atoms with Crippen LogP contribution >= 0.6 is 0 Å². The molecule has 2 atom stereocenters. The normalized spacial score (nSPS) is 28.6. The van der Waals surface area contributed by atoms with Crippen LogP contribution in [0.5, 0.6) is 0 Å². The van der Waals surface area contributed by atoms with Crippen molar-refractivity contribution in [3.8, 4) is 0 Å². The van der Waals surface area contributed by atoms with Crippen LogP contribution in [0.2, 0.25) is 0 Å². The van der Waals surface area contributed by atoms with Crippen LogP contribution in [-0.4, -0.2) is 47.7 Å². The Morgan fingerprint density at radius 1 is 1.59 bits per heavy atom. The molecule has 5 nitrogen and oxygen atoms in total. The molecule has 1 heterocycles. The number of primary amides is 1. The minimum absolute atomic E-state index is 0.143. The van der Waals surface area contributed by atoms with Crippen molar-refractivity contribution in [1.82, 2.24) is 4.90 Å². The molecule has 1 rings (SSSR count). The molecule has 0 aromatic heterocycles. The largest absolute Gasteiger partial charge is 0.370 e. The van der Waals surface area contributed by atoms with Crippen LogP contribution in [0.3, 0.4) is 0 Å². The zero-order chi connectivity index (χ0) is 13.3. The minimum Gasteiger partial charge on any atom is -0.370 e. The second-order valence-electron chi connectivity index (χ2n) is 5.95. The summed E-state index contributed by atoms with van der Waals surface area (Å²) in [5, 5.41) is 0. The van der Waals surface area contributed by atoms with Gasteiger partial charge in [0.05, 0.1) is 17.2 Å². The molecule has 2 unspecified atom stereocenters. The van der Waals surface area contributed by atoms with E-state index in [0.29, 0.717) is 6.42 Å². The molecule has 1 aliphatic rings. The molecule has 0 aromatic carbocycles. The van der Waals surface area contributed by atoms with Gasteiger partial charge in [0, 0.05) is 19.6 Å². The van der Waals surface area contributed by atoms with Gasteiger partial charge in [-0.1, -0.05) is 0 Å². The van der Waals surface area contributed by atoms with E-state index >= 15 is 0 Å². The lowest BCUT2D eigenvalue weighted by Gasteiger charge is -2.42. The smallest absolute Gasteiger partial charge is 0.237 e. The molecule has 1 aliphatic heterocycles. The van der Waals surface area contributed by atoms with Crippen molar-refractivity contribution in [2.24, 2.45) is 11.5 Å². The molecule has 1 amide bonds. The summed E-state index contributed by atoms with van der Waals surface area (Å²) in [7, 11) is 0. The van der Waals surface area contributed by atoms with E-state index in [1.165, 1.54) is 0 Å². The first-order valence-corrected chi connectivity index (χ1v) is 6.11. The average Bonchev–Trinajstić information content (AvgIpc) is 2.11. The van der Waals surface area contributed by atoms with E-state index in [-0.39, 0.29) is 11.7 Å². The number of hydrogen-bond acceptors (Lipinski definition) is 4. The Bertz CT molecular complexity index is 289. The first-order chi connectivity index (χ1) is 7.62. The van der Waals surface area contributed by atoms with Crippen molar-refractivity contribution in [3.05, 3.63) is 0 Å². The number of carbonyl (C=O) groups is 1. The molecule has 0 bridgehead atoms. The van der Waals surface area contributed by atoms with E-state index in [1.807, 2.05) is 0 Å². The third-order valence-corrected chi connectivity index (χ3v) is 3.15. The second kappa shape index (κ2) is 4.92. The molecule has 0 radical (unpaired) electrons. The highest BCUT2D eigenvalue weighted by molar-refractivity contribution is 5.83. The number of carbonyl (C=O) groups excluding carboxylic acids is 1. The zero-order valence-corrected chi connectivity index (χ0v) is 11.3. The molecule has 0 aliphatic carbocycles. The van der Waals surface area contributed by atoms with E-state index in [2.05, 4.69) is 25.7 Å². The number of morpholine rings is 1. The molecule has 0 aromatic rings. The Hall–Kier alpha value is -0.650. The van der Waals surface area contributed by atoms with Crippen LogP contribution in [0.4, 0.5) is 0 Å². The van der Waals surface area contributed by atoms with E-state index in [1.54, 1.807) is 6.92 Å². The molecule has 0 spiro atoms. The lowest BCUT2D eigenvalue weighted by Crippen LogP contribution is -2.55. The lowest BCUT2D eigenvalue weighted by atomic mass is 9.97. The zero-order valence-electron chi connectivity index (χ0n) is 11.3. The van der Waals surface area contributed by atoms with Crippen molar-refractivity contribution in [1.29, 1.82) is 0 Å². The summed E-state index contributed by atoms with van der Waals surface area (Å²) in [6, 6.07) is 0. The van der Waals surface area contributed by atoms with Crippen molar-refractivity contribution in [3.63, 3.8) is 0 Å². The molecule has 100 valence electrons. The third kappa shape index (κ3) is 4.26. The first-order valence-electron chi connectivity index (χ1n) is 6.11. The van der Waals surface area contributed by atoms with E-state index in [0.717, 1.165) is 19.6 Å². The fraction of sp³-hybridized carbons (Fsp3) is 0.917. The monoisotopic (exact) mass is 243 g/mol. The number of amides is 1. The summed E-state index contributed by atoms with van der Waals surface area (Å²) in [5.41, 5.74) is 10.0. The van der Waals surface area contributed by atoms with E-state index < -0.39 is 11.4 Å². The number of nitrogens with zero attached hydrogens (tertiary/aromatic N) is 1. The Kier molecular flexibility index (Phi) is 4.17. The molecular formula is C12H25N3O2. The van der Waals surface area contributed by atoms with E-state index in [9.17, 15) is 4.79 Å². The topological polar surface area (TPSA) is 81.6 Å². The SMILES string of the molecule is CC1CN(CCC(C)(N)C(N)=O)CC(C)(C)O1. The highest BCUT2D eigenvalue weighted by atomic mass is 16.5. The summed E-state index contributed by atoms with van der Waals surface area (Å²) in [6.07, 6.45) is 0.779. The Morgan fingerprint density at radius 3 is 2.65 bits per heavy atom. The fourth-order valence-corrected chi connectivity index (χ4v) is 2.27. The van der Waals surface area contributed by atoms with Gasteiger partial charge in [0.2, 0.25) is 5.91 Å². The summed E-state index contributed by atoms with van der Waals surface area (Å²) < 4.78 is 5.82. The molecular weight excluding hydrogens is 218 g/mol.